The van der Waals surface area contributed by atoms with Gasteiger partial charge in [-0.25, -0.2) is 0 Å². The van der Waals surface area contributed by atoms with E-state index in [0.29, 0.717) is 12.0 Å². The van der Waals surface area contributed by atoms with Gasteiger partial charge in [0.1, 0.15) is 0 Å². The largest absolute Gasteiger partial charge is 0.396 e. The summed E-state index contributed by atoms with van der Waals surface area (Å²) in [6, 6.07) is 6.00. The van der Waals surface area contributed by atoms with Crippen molar-refractivity contribution in [1.82, 2.24) is 5.32 Å². The normalized spacial score (nSPS) is 11.1. The van der Waals surface area contributed by atoms with Crippen molar-refractivity contribution in [3.8, 4) is 0 Å². The van der Waals surface area contributed by atoms with Crippen molar-refractivity contribution in [2.24, 2.45) is 0 Å². The Labute approximate surface area is 111 Å². The van der Waals surface area contributed by atoms with E-state index in [1.807, 2.05) is 13.8 Å². The predicted octanol–water partition coefficient (Wildman–Crippen LogP) is 1.41. The number of hydrogen-bond acceptors (Lipinski definition) is 4. The highest BCUT2D eigenvalue weighted by atomic mass is 16.6. The van der Waals surface area contributed by atoms with E-state index in [4.69, 9.17) is 5.11 Å². The number of carbonyl (C=O) groups is 1. The van der Waals surface area contributed by atoms with Crippen LogP contribution in [0.5, 0.6) is 0 Å². The van der Waals surface area contributed by atoms with Crippen molar-refractivity contribution in [3.63, 3.8) is 0 Å². The van der Waals surface area contributed by atoms with Crippen LogP contribution in [0.4, 0.5) is 5.69 Å². The molecular formula is C13H18N2O4. The van der Waals surface area contributed by atoms with Crippen LogP contribution in [0.2, 0.25) is 0 Å². The second-order valence-electron chi connectivity index (χ2n) is 5.01. The molecule has 0 fully saturated rings. The van der Waals surface area contributed by atoms with Crippen molar-refractivity contribution >= 4 is 11.6 Å². The van der Waals surface area contributed by atoms with Crippen molar-refractivity contribution in [3.05, 3.63) is 39.9 Å². The quantitative estimate of drug-likeness (QED) is 0.601. The van der Waals surface area contributed by atoms with Gasteiger partial charge in [-0.15, -0.1) is 0 Å². The van der Waals surface area contributed by atoms with E-state index < -0.39 is 10.5 Å². The Balaban J connectivity index is 2.67. The van der Waals surface area contributed by atoms with Gasteiger partial charge in [0, 0.05) is 24.3 Å². The van der Waals surface area contributed by atoms with Gasteiger partial charge in [-0.3, -0.25) is 14.9 Å². The molecule has 2 N–H and O–H groups in total. The second-order valence-corrected chi connectivity index (χ2v) is 5.01. The molecule has 104 valence electrons. The maximum absolute atomic E-state index is 11.8. The van der Waals surface area contributed by atoms with Crippen LogP contribution in [-0.4, -0.2) is 28.1 Å². The number of aliphatic hydroxyl groups is 1. The molecule has 0 saturated heterocycles. The molecule has 0 atom stereocenters. The molecule has 0 spiro atoms. The van der Waals surface area contributed by atoms with Gasteiger partial charge >= 0.3 is 0 Å². The summed E-state index contributed by atoms with van der Waals surface area (Å²) in [4.78, 5) is 22.0. The van der Waals surface area contributed by atoms with Crippen LogP contribution in [0, 0.1) is 10.1 Å². The minimum atomic E-state index is -0.494. The Morgan fingerprint density at radius 3 is 2.74 bits per heavy atom. The van der Waals surface area contributed by atoms with Crippen molar-refractivity contribution in [2.45, 2.75) is 32.2 Å². The molecule has 0 bridgehead atoms. The number of aliphatic hydroxyl groups excluding tert-OH is 1. The highest BCUT2D eigenvalue weighted by Gasteiger charge is 2.20. The zero-order chi connectivity index (χ0) is 14.5. The third kappa shape index (κ3) is 5.05. The number of non-ortho nitro benzene ring substituents is 1. The minimum absolute atomic E-state index is 0.00983. The number of nitrogens with one attached hydrogen (secondary N) is 1. The van der Waals surface area contributed by atoms with E-state index in [2.05, 4.69) is 5.32 Å². The summed E-state index contributed by atoms with van der Waals surface area (Å²) in [5.41, 5.74) is 0.0680. The van der Waals surface area contributed by atoms with Crippen LogP contribution in [0.3, 0.4) is 0 Å². The van der Waals surface area contributed by atoms with Crippen LogP contribution >= 0.6 is 0 Å². The maximum atomic E-state index is 11.8. The third-order valence-electron chi connectivity index (χ3n) is 2.70. The molecule has 19 heavy (non-hydrogen) atoms. The highest BCUT2D eigenvalue weighted by molar-refractivity contribution is 5.79. The van der Waals surface area contributed by atoms with E-state index >= 15 is 0 Å². The van der Waals surface area contributed by atoms with Crippen LogP contribution in [-0.2, 0) is 11.2 Å². The zero-order valence-corrected chi connectivity index (χ0v) is 11.0. The molecule has 0 unspecified atom stereocenters. The Kier molecular flexibility index (Phi) is 5.00. The standard InChI is InChI=1S/C13H18N2O4/c1-13(2,6-7-16)14-12(17)9-10-4-3-5-11(8-10)15(18)19/h3-5,8,16H,6-7,9H2,1-2H3,(H,14,17). The molecule has 0 radical (unpaired) electrons. The van der Waals surface area contributed by atoms with Gasteiger partial charge in [-0.2, -0.15) is 0 Å². The lowest BCUT2D eigenvalue weighted by Crippen LogP contribution is -2.44. The van der Waals surface area contributed by atoms with E-state index in [1.54, 1.807) is 12.1 Å². The first-order valence-electron chi connectivity index (χ1n) is 5.99. The molecule has 1 rings (SSSR count). The number of amides is 1. The highest BCUT2D eigenvalue weighted by Crippen LogP contribution is 2.14. The SMILES string of the molecule is CC(C)(CCO)NC(=O)Cc1cccc([N+](=O)[O-])c1. The average molecular weight is 266 g/mol. The Bertz CT molecular complexity index is 471. The number of benzene rings is 1. The van der Waals surface area contributed by atoms with Crippen molar-refractivity contribution in [1.29, 1.82) is 0 Å². The molecule has 6 heteroatoms. The van der Waals surface area contributed by atoms with Gasteiger partial charge in [0.2, 0.25) is 5.91 Å². The molecule has 1 aromatic carbocycles. The fourth-order valence-corrected chi connectivity index (χ4v) is 1.73. The smallest absolute Gasteiger partial charge is 0.269 e. The number of nitro groups is 1. The van der Waals surface area contributed by atoms with Gasteiger partial charge in [0.15, 0.2) is 0 Å². The molecule has 0 aliphatic carbocycles. The summed E-state index contributed by atoms with van der Waals surface area (Å²) in [6.07, 6.45) is 0.532. The summed E-state index contributed by atoms with van der Waals surface area (Å²) in [6.45, 7) is 3.62. The summed E-state index contributed by atoms with van der Waals surface area (Å²) < 4.78 is 0. The van der Waals surface area contributed by atoms with Crippen LogP contribution < -0.4 is 5.32 Å². The average Bonchev–Trinajstić information content (AvgIpc) is 2.27. The zero-order valence-electron chi connectivity index (χ0n) is 11.0. The van der Waals surface area contributed by atoms with Gasteiger partial charge in [0.25, 0.3) is 5.69 Å². The van der Waals surface area contributed by atoms with E-state index in [-0.39, 0.29) is 24.6 Å². The lowest BCUT2D eigenvalue weighted by molar-refractivity contribution is -0.384. The fraction of sp³-hybridized carbons (Fsp3) is 0.462. The van der Waals surface area contributed by atoms with Gasteiger partial charge in [-0.1, -0.05) is 12.1 Å². The Morgan fingerprint density at radius 1 is 1.47 bits per heavy atom. The summed E-state index contributed by atoms with van der Waals surface area (Å²) in [5.74, 6) is -0.223. The molecular weight excluding hydrogens is 248 g/mol. The maximum Gasteiger partial charge on any atom is 0.269 e. The first-order chi connectivity index (χ1) is 8.84. The third-order valence-corrected chi connectivity index (χ3v) is 2.70. The van der Waals surface area contributed by atoms with Crippen LogP contribution in [0.25, 0.3) is 0 Å². The van der Waals surface area contributed by atoms with E-state index in [0.717, 1.165) is 0 Å². The summed E-state index contributed by atoms with van der Waals surface area (Å²) in [5, 5.41) is 22.3. The van der Waals surface area contributed by atoms with Crippen molar-refractivity contribution < 1.29 is 14.8 Å². The monoisotopic (exact) mass is 266 g/mol. The molecule has 1 aromatic rings. The first kappa shape index (κ1) is 15.1. The minimum Gasteiger partial charge on any atom is -0.396 e. The second kappa shape index (κ2) is 6.29. The molecule has 0 aromatic heterocycles. The van der Waals surface area contributed by atoms with Gasteiger partial charge in [-0.05, 0) is 25.8 Å². The number of nitro benzene ring substituents is 1. The Morgan fingerprint density at radius 2 is 2.16 bits per heavy atom. The molecule has 0 aliphatic rings. The van der Waals surface area contributed by atoms with Gasteiger partial charge < -0.3 is 10.4 Å². The first-order valence-corrected chi connectivity index (χ1v) is 5.99. The molecule has 0 aliphatic heterocycles. The van der Waals surface area contributed by atoms with Gasteiger partial charge in [0.05, 0.1) is 11.3 Å². The molecule has 0 heterocycles. The molecule has 6 nitrogen and oxygen atoms in total. The number of carbonyl (C=O) groups excluding carboxylic acids is 1. The molecule has 0 saturated carbocycles. The van der Waals surface area contributed by atoms with E-state index in [9.17, 15) is 14.9 Å². The van der Waals surface area contributed by atoms with E-state index in [1.165, 1.54) is 12.1 Å². The number of nitrogens with zero attached hydrogens (tertiary/aromatic N) is 1. The van der Waals surface area contributed by atoms with Crippen LogP contribution in [0.1, 0.15) is 25.8 Å². The van der Waals surface area contributed by atoms with Crippen molar-refractivity contribution in [2.75, 3.05) is 6.61 Å². The lowest BCUT2D eigenvalue weighted by atomic mass is 10.0. The predicted molar refractivity (Wildman–Crippen MR) is 70.7 cm³/mol. The number of rotatable bonds is 6. The fourth-order valence-electron chi connectivity index (χ4n) is 1.73. The van der Waals surface area contributed by atoms with Crippen LogP contribution in [0.15, 0.2) is 24.3 Å². The lowest BCUT2D eigenvalue weighted by Gasteiger charge is -2.25. The Hall–Kier alpha value is -1.95. The number of hydrogen-bond donors (Lipinski definition) is 2. The molecule has 1 amide bonds. The topological polar surface area (TPSA) is 92.5 Å². The summed E-state index contributed by atoms with van der Waals surface area (Å²) >= 11 is 0. The summed E-state index contributed by atoms with van der Waals surface area (Å²) in [7, 11) is 0.